The number of carbonyl (C=O) groups is 1. The zero-order chi connectivity index (χ0) is 22.1. The molecule has 0 fully saturated rings. The predicted octanol–water partition coefficient (Wildman–Crippen LogP) is 6.38. The van der Waals surface area contributed by atoms with Crippen LogP contribution in [0.4, 0.5) is 0 Å². The Labute approximate surface area is 184 Å². The molecule has 160 valence electrons. The Kier molecular flexibility index (Phi) is 6.50. The summed E-state index contributed by atoms with van der Waals surface area (Å²) in [7, 11) is -1.78. The minimum Gasteiger partial charge on any atom is -0.417 e. The summed E-state index contributed by atoms with van der Waals surface area (Å²) in [5.74, 6) is 1.12. The van der Waals surface area contributed by atoms with E-state index < -0.39 is 8.32 Å². The maximum Gasteiger partial charge on any atom is 0.191 e. The van der Waals surface area contributed by atoms with E-state index in [0.29, 0.717) is 17.3 Å². The number of nitrogens with zero attached hydrogens (tertiary/aromatic N) is 3. The summed E-state index contributed by atoms with van der Waals surface area (Å²) in [4.78, 5) is 20.2. The first-order valence-electron chi connectivity index (χ1n) is 10.3. The lowest BCUT2D eigenvalue weighted by Gasteiger charge is -2.36. The molecule has 3 aromatic rings. The van der Waals surface area contributed by atoms with Crippen LogP contribution in [-0.4, -0.2) is 35.6 Å². The SMILES string of the molecule is C[C@@H](CCO[Si](C)(C)C(C)(C)C)c1nc(-c2ccc(C=O)cc2)c2cnc(Cl)cn12. The Balaban J connectivity index is 1.89. The van der Waals surface area contributed by atoms with Crippen LogP contribution in [0.1, 0.15) is 56.2 Å². The van der Waals surface area contributed by atoms with Gasteiger partial charge in [-0.2, -0.15) is 0 Å². The molecule has 7 heteroatoms. The topological polar surface area (TPSA) is 56.5 Å². The van der Waals surface area contributed by atoms with Crippen molar-refractivity contribution in [1.82, 2.24) is 14.4 Å². The van der Waals surface area contributed by atoms with Crippen molar-refractivity contribution < 1.29 is 9.22 Å². The molecule has 0 aliphatic carbocycles. The van der Waals surface area contributed by atoms with Crippen LogP contribution in [0.3, 0.4) is 0 Å². The highest BCUT2D eigenvalue weighted by Crippen LogP contribution is 2.37. The van der Waals surface area contributed by atoms with Crippen molar-refractivity contribution in [3.63, 3.8) is 0 Å². The first-order chi connectivity index (χ1) is 14.0. The van der Waals surface area contributed by atoms with E-state index in [-0.39, 0.29) is 11.0 Å². The van der Waals surface area contributed by atoms with Gasteiger partial charge < -0.3 is 4.43 Å². The molecule has 30 heavy (non-hydrogen) atoms. The average Bonchev–Trinajstić information content (AvgIpc) is 3.05. The van der Waals surface area contributed by atoms with Crippen molar-refractivity contribution in [2.24, 2.45) is 0 Å². The maximum atomic E-state index is 11.0. The molecular weight excluding hydrogens is 414 g/mol. The van der Waals surface area contributed by atoms with E-state index >= 15 is 0 Å². The zero-order valence-electron chi connectivity index (χ0n) is 18.6. The predicted molar refractivity (Wildman–Crippen MR) is 125 cm³/mol. The molecule has 0 spiro atoms. The van der Waals surface area contributed by atoms with Gasteiger partial charge >= 0.3 is 0 Å². The van der Waals surface area contributed by atoms with Gasteiger partial charge in [0.25, 0.3) is 0 Å². The van der Waals surface area contributed by atoms with Gasteiger partial charge in [0.2, 0.25) is 0 Å². The standard InChI is InChI=1S/C23H30ClN3O2Si/c1-16(11-12-29-30(5,6)23(2,3)4)22-26-21(18-9-7-17(15-28)8-10-18)19-13-25-20(24)14-27(19)22/h7-10,13-16H,11-12H2,1-6H3/t16-/m0/s1. The number of benzene rings is 1. The third-order valence-electron chi connectivity index (χ3n) is 6.10. The minimum atomic E-state index is -1.78. The van der Waals surface area contributed by atoms with Gasteiger partial charge in [-0.1, -0.05) is 63.6 Å². The van der Waals surface area contributed by atoms with Gasteiger partial charge in [-0.3, -0.25) is 9.20 Å². The first-order valence-corrected chi connectivity index (χ1v) is 13.5. The quantitative estimate of drug-likeness (QED) is 0.314. The number of carbonyl (C=O) groups excluding carboxylic acids is 1. The van der Waals surface area contributed by atoms with Crippen LogP contribution in [0, 0.1) is 0 Å². The second-order valence-electron chi connectivity index (χ2n) is 9.32. The van der Waals surface area contributed by atoms with Gasteiger partial charge in [0.05, 0.1) is 17.4 Å². The van der Waals surface area contributed by atoms with Gasteiger partial charge in [0.15, 0.2) is 8.32 Å². The molecule has 3 rings (SSSR count). The van der Waals surface area contributed by atoms with Crippen molar-refractivity contribution in [2.75, 3.05) is 6.61 Å². The molecule has 2 heterocycles. The lowest BCUT2D eigenvalue weighted by molar-refractivity contribution is 0.112. The third-order valence-corrected chi connectivity index (χ3v) is 10.8. The summed E-state index contributed by atoms with van der Waals surface area (Å²) in [6.45, 7) is 14.2. The van der Waals surface area contributed by atoms with E-state index in [0.717, 1.165) is 35.3 Å². The summed E-state index contributed by atoms with van der Waals surface area (Å²) in [6.07, 6.45) is 5.27. The van der Waals surface area contributed by atoms with Gasteiger partial charge in [-0.05, 0) is 24.6 Å². The van der Waals surface area contributed by atoms with E-state index in [4.69, 9.17) is 21.0 Å². The molecule has 0 aliphatic heterocycles. The van der Waals surface area contributed by atoms with E-state index in [1.54, 1.807) is 18.3 Å². The normalized spacial score (nSPS) is 13.6. The summed E-state index contributed by atoms with van der Waals surface area (Å²) < 4.78 is 8.39. The molecule has 0 bridgehead atoms. The molecule has 0 N–H and O–H groups in total. The lowest BCUT2D eigenvalue weighted by atomic mass is 10.1. The van der Waals surface area contributed by atoms with Gasteiger partial charge in [-0.25, -0.2) is 9.97 Å². The molecule has 2 aromatic heterocycles. The smallest absolute Gasteiger partial charge is 0.191 e. The third kappa shape index (κ3) is 4.66. The summed E-state index contributed by atoms with van der Waals surface area (Å²) >= 11 is 6.19. The van der Waals surface area contributed by atoms with Gasteiger partial charge in [0.1, 0.15) is 17.3 Å². The monoisotopic (exact) mass is 443 g/mol. The summed E-state index contributed by atoms with van der Waals surface area (Å²) in [5, 5.41) is 0.616. The second kappa shape index (κ2) is 8.61. The molecule has 0 saturated carbocycles. The Morgan fingerprint density at radius 1 is 1.23 bits per heavy atom. The van der Waals surface area contributed by atoms with E-state index in [9.17, 15) is 4.79 Å². The average molecular weight is 444 g/mol. The molecule has 0 aliphatic rings. The van der Waals surface area contributed by atoms with Crippen LogP contribution in [-0.2, 0) is 4.43 Å². The van der Waals surface area contributed by atoms with Crippen LogP contribution >= 0.6 is 11.6 Å². The fourth-order valence-electron chi connectivity index (χ4n) is 3.10. The van der Waals surface area contributed by atoms with Crippen LogP contribution in [0.2, 0.25) is 23.3 Å². The zero-order valence-corrected chi connectivity index (χ0v) is 20.3. The lowest BCUT2D eigenvalue weighted by Crippen LogP contribution is -2.41. The van der Waals surface area contributed by atoms with Crippen LogP contribution in [0.25, 0.3) is 16.8 Å². The molecule has 1 aromatic carbocycles. The highest BCUT2D eigenvalue weighted by atomic mass is 35.5. The Morgan fingerprint density at radius 3 is 2.50 bits per heavy atom. The summed E-state index contributed by atoms with van der Waals surface area (Å²) in [6, 6.07) is 7.42. The van der Waals surface area contributed by atoms with E-state index in [2.05, 4.69) is 45.8 Å². The minimum absolute atomic E-state index is 0.184. The molecule has 0 radical (unpaired) electrons. The highest BCUT2D eigenvalue weighted by molar-refractivity contribution is 6.74. The van der Waals surface area contributed by atoms with Crippen molar-refractivity contribution in [3.05, 3.63) is 53.2 Å². The van der Waals surface area contributed by atoms with Crippen molar-refractivity contribution in [1.29, 1.82) is 0 Å². The fraction of sp³-hybridized carbons (Fsp3) is 0.435. The molecular formula is C23H30ClN3O2Si. The highest BCUT2D eigenvalue weighted by Gasteiger charge is 2.37. The molecule has 0 saturated heterocycles. The first kappa shape index (κ1) is 22.7. The van der Waals surface area contributed by atoms with Crippen LogP contribution in [0.5, 0.6) is 0 Å². The fourth-order valence-corrected chi connectivity index (χ4v) is 4.31. The number of rotatable bonds is 7. The number of halogens is 1. The molecule has 0 unspecified atom stereocenters. The number of aldehydes is 1. The van der Waals surface area contributed by atoms with Crippen molar-refractivity contribution >= 4 is 31.7 Å². The molecule has 1 atom stereocenters. The Bertz CT molecular complexity index is 1040. The van der Waals surface area contributed by atoms with Crippen LogP contribution < -0.4 is 0 Å². The second-order valence-corrected chi connectivity index (χ2v) is 14.5. The summed E-state index contributed by atoms with van der Waals surface area (Å²) in [5.41, 5.74) is 3.31. The van der Waals surface area contributed by atoms with E-state index in [1.807, 2.05) is 22.7 Å². The van der Waals surface area contributed by atoms with Crippen LogP contribution in [0.15, 0.2) is 36.7 Å². The van der Waals surface area contributed by atoms with Gasteiger partial charge in [0, 0.05) is 29.8 Å². The number of hydrogen-bond donors (Lipinski definition) is 0. The van der Waals surface area contributed by atoms with Crippen molar-refractivity contribution in [3.8, 4) is 11.3 Å². The Hall–Kier alpha value is -2.02. The van der Waals surface area contributed by atoms with E-state index in [1.165, 1.54) is 0 Å². The molecule has 0 amide bonds. The van der Waals surface area contributed by atoms with Crippen molar-refractivity contribution in [2.45, 2.75) is 58.2 Å². The Morgan fingerprint density at radius 2 is 1.90 bits per heavy atom. The number of aromatic nitrogens is 3. The largest absolute Gasteiger partial charge is 0.417 e. The molecule has 5 nitrogen and oxygen atoms in total. The maximum absolute atomic E-state index is 11.0. The van der Waals surface area contributed by atoms with Gasteiger partial charge in [-0.15, -0.1) is 0 Å². The number of imidazole rings is 1. The number of fused-ring (bicyclic) bond motifs is 1. The number of hydrogen-bond acceptors (Lipinski definition) is 4.